The predicted molar refractivity (Wildman–Crippen MR) is 140 cm³/mol. The number of carbonyl (C=O) groups is 1. The highest BCUT2D eigenvalue weighted by molar-refractivity contribution is 6.07. The summed E-state index contributed by atoms with van der Waals surface area (Å²) in [5.41, 5.74) is 0.675. The molecule has 9 nitrogen and oxygen atoms in total. The lowest BCUT2D eigenvalue weighted by Gasteiger charge is -2.26. The number of hydrogen-bond donors (Lipinski definition) is 2. The van der Waals surface area contributed by atoms with E-state index in [0.29, 0.717) is 42.4 Å². The van der Waals surface area contributed by atoms with Crippen molar-refractivity contribution in [2.45, 2.75) is 6.18 Å². The second-order valence-electron chi connectivity index (χ2n) is 8.85. The maximum absolute atomic E-state index is 13.8. The van der Waals surface area contributed by atoms with E-state index in [4.69, 9.17) is 4.74 Å². The summed E-state index contributed by atoms with van der Waals surface area (Å²) < 4.78 is 47.5. The Morgan fingerprint density at radius 3 is 2.51 bits per heavy atom. The second kappa shape index (κ2) is 11.6. The summed E-state index contributed by atoms with van der Waals surface area (Å²) >= 11 is 0. The number of morpholine rings is 1. The fourth-order valence-electron chi connectivity index (χ4n) is 4.21. The number of alkyl halides is 3. The third-order valence-corrected chi connectivity index (χ3v) is 6.20. The standard InChI is InChI=1S/C27H26F3N7O2/c28-27(29,30)24-17-23(19-3-1-9-31-18-19)35-37(24)21-7-5-20(6-8-21)34-26(38)22-4-2-10-32-25(22)33-11-12-36-13-15-39-16-14-36/h1-10,17-18H,11-16H2,(H,32,33)(H,34,38). The average Bonchev–Trinajstić information content (AvgIpc) is 3.41. The van der Waals surface area contributed by atoms with E-state index in [1.807, 2.05) is 0 Å². The Kier molecular flexibility index (Phi) is 7.84. The van der Waals surface area contributed by atoms with Crippen molar-refractivity contribution >= 4 is 17.4 Å². The van der Waals surface area contributed by atoms with Crippen molar-refractivity contribution in [1.82, 2.24) is 24.6 Å². The number of ether oxygens (including phenoxy) is 1. The summed E-state index contributed by atoms with van der Waals surface area (Å²) in [4.78, 5) is 23.5. The lowest BCUT2D eigenvalue weighted by Crippen LogP contribution is -2.39. The maximum Gasteiger partial charge on any atom is 0.433 e. The molecule has 0 unspecified atom stereocenters. The van der Waals surface area contributed by atoms with Gasteiger partial charge in [0, 0.05) is 56.0 Å². The summed E-state index contributed by atoms with van der Waals surface area (Å²) in [6, 6.07) is 13.6. The van der Waals surface area contributed by atoms with Crippen LogP contribution in [-0.2, 0) is 10.9 Å². The minimum atomic E-state index is -4.62. The van der Waals surface area contributed by atoms with Crippen LogP contribution >= 0.6 is 0 Å². The van der Waals surface area contributed by atoms with Gasteiger partial charge in [-0.1, -0.05) is 0 Å². The molecular weight excluding hydrogens is 511 g/mol. The second-order valence-corrected chi connectivity index (χ2v) is 8.85. The SMILES string of the molecule is O=C(Nc1ccc(-n2nc(-c3cccnc3)cc2C(F)(F)F)cc1)c1cccnc1NCCN1CCOCC1. The molecule has 0 bridgehead atoms. The van der Waals surface area contributed by atoms with Crippen LogP contribution in [0.1, 0.15) is 16.1 Å². The van der Waals surface area contributed by atoms with Crippen LogP contribution in [0.5, 0.6) is 0 Å². The van der Waals surface area contributed by atoms with Crippen molar-refractivity contribution in [2.24, 2.45) is 0 Å². The number of nitrogens with zero attached hydrogens (tertiary/aromatic N) is 5. The predicted octanol–water partition coefficient (Wildman–Crippen LogP) is 4.34. The molecule has 0 radical (unpaired) electrons. The van der Waals surface area contributed by atoms with Crippen molar-refractivity contribution in [3.8, 4) is 16.9 Å². The number of anilines is 2. The Morgan fingerprint density at radius 2 is 1.79 bits per heavy atom. The highest BCUT2D eigenvalue weighted by atomic mass is 19.4. The summed E-state index contributed by atoms with van der Waals surface area (Å²) in [5, 5.41) is 10.2. The summed E-state index contributed by atoms with van der Waals surface area (Å²) in [7, 11) is 0. The topological polar surface area (TPSA) is 97.2 Å². The highest BCUT2D eigenvalue weighted by Crippen LogP contribution is 2.34. The van der Waals surface area contributed by atoms with Crippen molar-refractivity contribution < 1.29 is 22.7 Å². The number of amides is 1. The van der Waals surface area contributed by atoms with E-state index in [1.165, 1.54) is 36.7 Å². The minimum absolute atomic E-state index is 0.151. The first-order valence-corrected chi connectivity index (χ1v) is 12.4. The number of aromatic nitrogens is 4. The van der Waals surface area contributed by atoms with Gasteiger partial charge in [0.25, 0.3) is 5.91 Å². The molecule has 0 atom stereocenters. The Morgan fingerprint density at radius 1 is 1.03 bits per heavy atom. The Bertz CT molecular complexity index is 1400. The van der Waals surface area contributed by atoms with Gasteiger partial charge in [0.15, 0.2) is 0 Å². The van der Waals surface area contributed by atoms with Crippen LogP contribution in [0.3, 0.4) is 0 Å². The van der Waals surface area contributed by atoms with Gasteiger partial charge in [0.05, 0.1) is 30.2 Å². The van der Waals surface area contributed by atoms with Crippen molar-refractivity contribution in [1.29, 1.82) is 0 Å². The number of hydrogen-bond acceptors (Lipinski definition) is 7. The quantitative estimate of drug-likeness (QED) is 0.345. The first-order chi connectivity index (χ1) is 18.9. The molecule has 1 aliphatic rings. The molecule has 0 aliphatic carbocycles. The number of halogens is 3. The molecule has 0 saturated carbocycles. The zero-order chi connectivity index (χ0) is 27.2. The minimum Gasteiger partial charge on any atom is -0.379 e. The van der Waals surface area contributed by atoms with Gasteiger partial charge in [-0.2, -0.15) is 18.3 Å². The van der Waals surface area contributed by atoms with Gasteiger partial charge in [-0.05, 0) is 54.6 Å². The first kappa shape index (κ1) is 26.3. The molecule has 1 aliphatic heterocycles. The molecule has 1 fully saturated rings. The normalized spacial score (nSPS) is 14.2. The van der Waals surface area contributed by atoms with Gasteiger partial charge in [0.2, 0.25) is 0 Å². The van der Waals surface area contributed by atoms with Crippen molar-refractivity contribution in [2.75, 3.05) is 50.0 Å². The molecule has 1 saturated heterocycles. The molecule has 0 spiro atoms. The van der Waals surface area contributed by atoms with E-state index in [-0.39, 0.29) is 11.4 Å². The monoisotopic (exact) mass is 537 g/mol. The van der Waals surface area contributed by atoms with Crippen LogP contribution in [-0.4, -0.2) is 69.9 Å². The third-order valence-electron chi connectivity index (χ3n) is 6.20. The lowest BCUT2D eigenvalue weighted by molar-refractivity contribution is -0.142. The molecule has 202 valence electrons. The maximum atomic E-state index is 13.8. The van der Waals surface area contributed by atoms with Crippen LogP contribution in [0, 0.1) is 0 Å². The smallest absolute Gasteiger partial charge is 0.379 e. The fourth-order valence-corrected chi connectivity index (χ4v) is 4.21. The van der Waals surface area contributed by atoms with Crippen molar-refractivity contribution in [3.05, 3.63) is 84.4 Å². The van der Waals surface area contributed by atoms with Crippen molar-refractivity contribution in [3.63, 3.8) is 0 Å². The van der Waals surface area contributed by atoms with Crippen LogP contribution in [0.25, 0.3) is 16.9 Å². The zero-order valence-electron chi connectivity index (χ0n) is 20.9. The molecule has 5 rings (SSSR count). The average molecular weight is 538 g/mol. The Balaban J connectivity index is 1.29. The van der Waals surface area contributed by atoms with E-state index in [1.54, 1.807) is 30.5 Å². The van der Waals surface area contributed by atoms with E-state index < -0.39 is 17.8 Å². The molecule has 2 N–H and O–H groups in total. The molecule has 1 amide bonds. The molecule has 4 aromatic rings. The largest absolute Gasteiger partial charge is 0.433 e. The molecule has 4 heterocycles. The molecule has 12 heteroatoms. The van der Waals surface area contributed by atoms with E-state index in [0.717, 1.165) is 30.4 Å². The van der Waals surface area contributed by atoms with Gasteiger partial charge in [0.1, 0.15) is 11.5 Å². The Hall–Kier alpha value is -4.29. The number of carbonyl (C=O) groups excluding carboxylic acids is 1. The van der Waals surface area contributed by atoms with E-state index in [9.17, 15) is 18.0 Å². The molecule has 3 aromatic heterocycles. The third kappa shape index (κ3) is 6.41. The summed E-state index contributed by atoms with van der Waals surface area (Å²) in [5.74, 6) is 0.0628. The number of pyridine rings is 2. The van der Waals surface area contributed by atoms with Crippen LogP contribution in [0.15, 0.2) is 73.2 Å². The highest BCUT2D eigenvalue weighted by Gasteiger charge is 2.36. The molecule has 1 aromatic carbocycles. The van der Waals surface area contributed by atoms with Gasteiger partial charge in [-0.25, -0.2) is 9.67 Å². The zero-order valence-corrected chi connectivity index (χ0v) is 20.9. The van der Waals surface area contributed by atoms with Gasteiger partial charge >= 0.3 is 6.18 Å². The number of benzene rings is 1. The van der Waals surface area contributed by atoms with Gasteiger partial charge in [-0.15, -0.1) is 0 Å². The fraction of sp³-hybridized carbons (Fsp3) is 0.259. The van der Waals surface area contributed by atoms with Gasteiger partial charge < -0.3 is 15.4 Å². The van der Waals surface area contributed by atoms with Gasteiger partial charge in [-0.3, -0.25) is 14.7 Å². The Labute approximate surface area is 222 Å². The van der Waals surface area contributed by atoms with Crippen LogP contribution in [0.4, 0.5) is 24.7 Å². The van der Waals surface area contributed by atoms with E-state index >= 15 is 0 Å². The number of nitrogens with one attached hydrogen (secondary N) is 2. The summed E-state index contributed by atoms with van der Waals surface area (Å²) in [6.45, 7) is 4.54. The summed E-state index contributed by atoms with van der Waals surface area (Å²) in [6.07, 6.45) is -0.0274. The van der Waals surface area contributed by atoms with E-state index in [2.05, 4.69) is 30.6 Å². The lowest BCUT2D eigenvalue weighted by atomic mass is 10.2. The first-order valence-electron chi connectivity index (χ1n) is 12.4. The van der Waals surface area contributed by atoms with Crippen LogP contribution < -0.4 is 10.6 Å². The number of rotatable bonds is 8. The molecule has 39 heavy (non-hydrogen) atoms. The van der Waals surface area contributed by atoms with Crippen LogP contribution in [0.2, 0.25) is 0 Å². The molecular formula is C27H26F3N7O2.